The van der Waals surface area contributed by atoms with Crippen LogP contribution in [-0.2, 0) is 18.3 Å². The molecule has 1 aromatic heterocycles. The van der Waals surface area contributed by atoms with E-state index in [0.29, 0.717) is 39.0 Å². The first-order chi connectivity index (χ1) is 15.0. The molecule has 0 saturated carbocycles. The van der Waals surface area contributed by atoms with Gasteiger partial charge in [0.2, 0.25) is 5.91 Å². The van der Waals surface area contributed by atoms with E-state index in [1.165, 1.54) is 24.3 Å². The molecule has 0 unspecified atom stereocenters. The molecule has 162 valence electrons. The normalized spacial score (nSPS) is 14.9. The maximum absolute atomic E-state index is 13.5. The smallest absolute Gasteiger partial charge is 0.222 e. The maximum Gasteiger partial charge on any atom is 0.222 e. The molecule has 1 saturated heterocycles. The highest BCUT2D eigenvalue weighted by atomic mass is 19.1. The standard InChI is InChI=1S/C24H26F2N4O/c1-28-17-18(16-27-28)2-11-23(31)29-12-14-30(15-13-29)24(19-3-7-21(25)8-4-19)20-5-9-22(26)10-6-20/h3-10,16-17,24H,2,11-15H2,1H3. The van der Waals surface area contributed by atoms with Gasteiger partial charge in [-0.15, -0.1) is 0 Å². The molecule has 0 N–H and O–H groups in total. The summed E-state index contributed by atoms with van der Waals surface area (Å²) in [5, 5.41) is 4.14. The zero-order valence-corrected chi connectivity index (χ0v) is 17.5. The van der Waals surface area contributed by atoms with Crippen LogP contribution in [0.2, 0.25) is 0 Å². The van der Waals surface area contributed by atoms with Gasteiger partial charge in [-0.3, -0.25) is 14.4 Å². The number of carbonyl (C=O) groups is 1. The van der Waals surface area contributed by atoms with Crippen molar-refractivity contribution in [3.05, 3.63) is 89.2 Å². The minimum Gasteiger partial charge on any atom is -0.340 e. The predicted octanol–water partition coefficient (Wildman–Crippen LogP) is 3.56. The Bertz CT molecular complexity index is 963. The van der Waals surface area contributed by atoms with Crippen molar-refractivity contribution in [2.45, 2.75) is 18.9 Å². The summed E-state index contributed by atoms with van der Waals surface area (Å²) in [5.41, 5.74) is 2.95. The molecule has 4 rings (SSSR count). The predicted molar refractivity (Wildman–Crippen MR) is 114 cm³/mol. The van der Waals surface area contributed by atoms with Gasteiger partial charge >= 0.3 is 0 Å². The van der Waals surface area contributed by atoms with Crippen molar-refractivity contribution in [3.8, 4) is 0 Å². The van der Waals surface area contributed by atoms with Crippen molar-refractivity contribution < 1.29 is 13.6 Å². The zero-order valence-electron chi connectivity index (χ0n) is 17.5. The number of halogens is 2. The van der Waals surface area contributed by atoms with E-state index in [-0.39, 0.29) is 23.6 Å². The molecule has 31 heavy (non-hydrogen) atoms. The fourth-order valence-electron chi connectivity index (χ4n) is 4.14. The molecular formula is C24H26F2N4O. The van der Waals surface area contributed by atoms with Gasteiger partial charge in [-0.25, -0.2) is 8.78 Å². The van der Waals surface area contributed by atoms with Crippen LogP contribution in [0.25, 0.3) is 0 Å². The van der Waals surface area contributed by atoms with E-state index in [1.54, 1.807) is 35.1 Å². The molecule has 5 nitrogen and oxygen atoms in total. The summed E-state index contributed by atoms with van der Waals surface area (Å²) in [7, 11) is 1.86. The topological polar surface area (TPSA) is 41.4 Å². The minimum absolute atomic E-state index is 0.117. The van der Waals surface area contributed by atoms with Gasteiger partial charge in [0.1, 0.15) is 11.6 Å². The Labute approximate surface area is 180 Å². The number of benzene rings is 2. The number of rotatable bonds is 6. The Morgan fingerprint density at radius 3 is 1.97 bits per heavy atom. The fourth-order valence-corrected chi connectivity index (χ4v) is 4.14. The number of piperazine rings is 1. The second kappa shape index (κ2) is 9.39. The van der Waals surface area contributed by atoms with Crippen molar-refractivity contribution in [1.82, 2.24) is 19.6 Å². The second-order valence-corrected chi connectivity index (χ2v) is 7.94. The first kappa shape index (κ1) is 21.2. The molecule has 0 radical (unpaired) electrons. The molecule has 1 aliphatic heterocycles. The monoisotopic (exact) mass is 424 g/mol. The molecule has 0 atom stereocenters. The van der Waals surface area contributed by atoms with Crippen LogP contribution in [0.3, 0.4) is 0 Å². The number of amides is 1. The van der Waals surface area contributed by atoms with Crippen LogP contribution >= 0.6 is 0 Å². The summed E-state index contributed by atoms with van der Waals surface area (Å²) in [6.07, 6.45) is 4.87. The van der Waals surface area contributed by atoms with E-state index in [1.807, 2.05) is 18.1 Å². The quantitative estimate of drug-likeness (QED) is 0.608. The number of aryl methyl sites for hydroxylation is 2. The second-order valence-electron chi connectivity index (χ2n) is 7.94. The Morgan fingerprint density at radius 2 is 1.48 bits per heavy atom. The van der Waals surface area contributed by atoms with Gasteiger partial charge in [0.15, 0.2) is 0 Å². The summed E-state index contributed by atoms with van der Waals surface area (Å²) in [4.78, 5) is 16.8. The van der Waals surface area contributed by atoms with Crippen LogP contribution in [0, 0.1) is 11.6 Å². The van der Waals surface area contributed by atoms with Gasteiger partial charge in [-0.1, -0.05) is 24.3 Å². The van der Waals surface area contributed by atoms with Crippen LogP contribution in [0.15, 0.2) is 60.9 Å². The summed E-state index contributed by atoms with van der Waals surface area (Å²) < 4.78 is 28.7. The lowest BCUT2D eigenvalue weighted by molar-refractivity contribution is -0.133. The minimum atomic E-state index is -0.286. The van der Waals surface area contributed by atoms with E-state index >= 15 is 0 Å². The van der Waals surface area contributed by atoms with Gasteiger partial charge in [0.05, 0.1) is 12.2 Å². The van der Waals surface area contributed by atoms with Crippen molar-refractivity contribution in [3.63, 3.8) is 0 Å². The first-order valence-corrected chi connectivity index (χ1v) is 10.5. The summed E-state index contributed by atoms with van der Waals surface area (Å²) >= 11 is 0. The Morgan fingerprint density at radius 1 is 0.935 bits per heavy atom. The Balaban J connectivity index is 1.42. The van der Waals surface area contributed by atoms with E-state index in [4.69, 9.17) is 0 Å². The fraction of sp³-hybridized carbons (Fsp3) is 0.333. The molecule has 1 aliphatic rings. The first-order valence-electron chi connectivity index (χ1n) is 10.5. The number of carbonyl (C=O) groups excluding carboxylic acids is 1. The zero-order chi connectivity index (χ0) is 21.8. The Kier molecular flexibility index (Phi) is 6.42. The molecule has 1 fully saturated rings. The van der Waals surface area contributed by atoms with Gasteiger partial charge < -0.3 is 4.90 Å². The van der Waals surface area contributed by atoms with E-state index in [0.717, 1.165) is 16.7 Å². The number of aromatic nitrogens is 2. The third kappa shape index (κ3) is 5.17. The summed E-state index contributed by atoms with van der Waals surface area (Å²) in [6, 6.07) is 12.8. The average Bonchev–Trinajstić information content (AvgIpc) is 3.20. The highest BCUT2D eigenvalue weighted by molar-refractivity contribution is 5.76. The van der Waals surface area contributed by atoms with Gasteiger partial charge in [-0.2, -0.15) is 5.10 Å². The molecule has 0 aliphatic carbocycles. The van der Waals surface area contributed by atoms with Crippen LogP contribution in [0.1, 0.15) is 29.2 Å². The SMILES string of the molecule is Cn1cc(CCC(=O)N2CCN(C(c3ccc(F)cc3)c3ccc(F)cc3)CC2)cn1. The van der Waals surface area contributed by atoms with Crippen LogP contribution in [0.4, 0.5) is 8.78 Å². The van der Waals surface area contributed by atoms with Crippen molar-refractivity contribution in [2.24, 2.45) is 7.05 Å². The van der Waals surface area contributed by atoms with E-state index in [2.05, 4.69) is 10.00 Å². The number of hydrogen-bond donors (Lipinski definition) is 0. The van der Waals surface area contributed by atoms with E-state index < -0.39 is 0 Å². The highest BCUT2D eigenvalue weighted by Gasteiger charge is 2.28. The third-order valence-electron chi connectivity index (χ3n) is 5.79. The lowest BCUT2D eigenvalue weighted by Crippen LogP contribution is -2.49. The largest absolute Gasteiger partial charge is 0.340 e. The van der Waals surface area contributed by atoms with E-state index in [9.17, 15) is 13.6 Å². The number of nitrogens with zero attached hydrogens (tertiary/aromatic N) is 4. The molecule has 1 amide bonds. The molecule has 0 spiro atoms. The lowest BCUT2D eigenvalue weighted by Gasteiger charge is -2.40. The van der Waals surface area contributed by atoms with Crippen molar-refractivity contribution >= 4 is 5.91 Å². The van der Waals surface area contributed by atoms with Crippen molar-refractivity contribution in [1.29, 1.82) is 0 Å². The Hall–Kier alpha value is -3.06. The summed E-state index contributed by atoms with van der Waals surface area (Å²) in [5.74, 6) is -0.431. The maximum atomic E-state index is 13.5. The van der Waals surface area contributed by atoms with Gasteiger partial charge in [0, 0.05) is 45.8 Å². The molecule has 2 aromatic carbocycles. The van der Waals surface area contributed by atoms with Crippen LogP contribution in [-0.4, -0.2) is 51.7 Å². The molecule has 2 heterocycles. The lowest BCUT2D eigenvalue weighted by atomic mass is 9.96. The van der Waals surface area contributed by atoms with Gasteiger partial charge in [0.25, 0.3) is 0 Å². The van der Waals surface area contributed by atoms with Crippen LogP contribution in [0.5, 0.6) is 0 Å². The number of hydrogen-bond acceptors (Lipinski definition) is 3. The van der Waals surface area contributed by atoms with Crippen LogP contribution < -0.4 is 0 Å². The van der Waals surface area contributed by atoms with Crippen molar-refractivity contribution in [2.75, 3.05) is 26.2 Å². The van der Waals surface area contributed by atoms with Gasteiger partial charge in [-0.05, 0) is 47.4 Å². The molecule has 7 heteroatoms. The molecule has 0 bridgehead atoms. The highest BCUT2D eigenvalue weighted by Crippen LogP contribution is 2.30. The third-order valence-corrected chi connectivity index (χ3v) is 5.79. The average molecular weight is 424 g/mol. The molecule has 3 aromatic rings. The summed E-state index contributed by atoms with van der Waals surface area (Å²) in [6.45, 7) is 2.64. The molecular weight excluding hydrogens is 398 g/mol.